The molecule has 0 atom stereocenters. The lowest BCUT2D eigenvalue weighted by Crippen LogP contribution is -2.21. The number of benzene rings is 3. The average Bonchev–Trinajstić information content (AvgIpc) is 2.83. The Morgan fingerprint density at radius 1 is 0.676 bits per heavy atom. The molecular formula is C26H16O8. The molecule has 34 heavy (non-hydrogen) atoms. The van der Waals surface area contributed by atoms with Gasteiger partial charge >= 0.3 is 17.2 Å². The van der Waals surface area contributed by atoms with Crippen molar-refractivity contribution < 1.29 is 28.9 Å². The molecule has 0 aliphatic heterocycles. The largest absolute Gasteiger partial charge is 0.507 e. The molecule has 0 amide bonds. The number of aromatic carboxylic acids is 1. The van der Waals surface area contributed by atoms with E-state index < -0.39 is 34.6 Å². The van der Waals surface area contributed by atoms with Crippen LogP contribution in [0.25, 0.3) is 21.9 Å². The van der Waals surface area contributed by atoms with E-state index in [2.05, 4.69) is 0 Å². The van der Waals surface area contributed by atoms with E-state index in [4.69, 9.17) is 8.83 Å². The van der Waals surface area contributed by atoms with Crippen molar-refractivity contribution in [1.82, 2.24) is 0 Å². The zero-order valence-electron chi connectivity index (χ0n) is 17.4. The number of rotatable bonds is 4. The van der Waals surface area contributed by atoms with Crippen molar-refractivity contribution in [2.24, 2.45) is 0 Å². The fourth-order valence-corrected chi connectivity index (χ4v) is 4.10. The Labute approximate surface area is 190 Å². The number of carbonyl (C=O) groups is 1. The fourth-order valence-electron chi connectivity index (χ4n) is 4.10. The molecule has 0 unspecified atom stereocenters. The van der Waals surface area contributed by atoms with Crippen molar-refractivity contribution >= 4 is 27.9 Å². The molecule has 0 aliphatic rings. The minimum atomic E-state index is -1.32. The second-order valence-corrected chi connectivity index (χ2v) is 7.66. The highest BCUT2D eigenvalue weighted by atomic mass is 16.4. The third kappa shape index (κ3) is 3.29. The SMILES string of the molecule is O=C(O)c1ccc(C(c2c(O)c3ccccc3oc2=O)c2c(O)c3ccccc3oc2=O)cc1. The maximum atomic E-state index is 13.1. The van der Waals surface area contributed by atoms with Gasteiger partial charge in [-0.1, -0.05) is 36.4 Å². The summed E-state index contributed by atoms with van der Waals surface area (Å²) in [7, 11) is 0. The van der Waals surface area contributed by atoms with Crippen LogP contribution in [0, 0.1) is 0 Å². The van der Waals surface area contributed by atoms with E-state index in [1.807, 2.05) is 0 Å². The first-order valence-electron chi connectivity index (χ1n) is 10.2. The van der Waals surface area contributed by atoms with Crippen LogP contribution in [0.4, 0.5) is 0 Å². The highest BCUT2D eigenvalue weighted by Gasteiger charge is 2.32. The predicted octanol–water partition coefficient (Wildman–Crippen LogP) is 4.19. The summed E-state index contributed by atoms with van der Waals surface area (Å²) in [6, 6.07) is 18.1. The lowest BCUT2D eigenvalue weighted by molar-refractivity contribution is 0.0697. The van der Waals surface area contributed by atoms with Crippen LogP contribution in [0.5, 0.6) is 11.5 Å². The van der Waals surface area contributed by atoms with Gasteiger partial charge in [-0.25, -0.2) is 14.4 Å². The van der Waals surface area contributed by atoms with Gasteiger partial charge in [-0.05, 0) is 42.0 Å². The normalized spacial score (nSPS) is 11.3. The number of fused-ring (bicyclic) bond motifs is 2. The van der Waals surface area contributed by atoms with E-state index in [0.717, 1.165) is 0 Å². The summed E-state index contributed by atoms with van der Waals surface area (Å²) in [4.78, 5) is 37.5. The van der Waals surface area contributed by atoms with Crippen LogP contribution in [-0.2, 0) is 0 Å². The van der Waals surface area contributed by atoms with Gasteiger partial charge in [-0.2, -0.15) is 0 Å². The molecule has 3 N–H and O–H groups in total. The smallest absolute Gasteiger partial charge is 0.344 e. The van der Waals surface area contributed by atoms with Gasteiger partial charge in [0.2, 0.25) is 0 Å². The van der Waals surface area contributed by atoms with E-state index in [1.165, 1.54) is 36.4 Å². The van der Waals surface area contributed by atoms with Gasteiger partial charge in [0.1, 0.15) is 22.7 Å². The first kappa shape index (κ1) is 21.0. The van der Waals surface area contributed by atoms with Gasteiger partial charge in [0.05, 0.1) is 33.4 Å². The van der Waals surface area contributed by atoms with E-state index in [0.29, 0.717) is 0 Å². The molecule has 8 nitrogen and oxygen atoms in total. The Balaban J connectivity index is 1.88. The highest BCUT2D eigenvalue weighted by molar-refractivity contribution is 5.88. The Morgan fingerprint density at radius 2 is 1.12 bits per heavy atom. The number of aromatic hydroxyl groups is 2. The summed E-state index contributed by atoms with van der Waals surface area (Å²) in [6.07, 6.45) is 0. The summed E-state index contributed by atoms with van der Waals surface area (Å²) in [5.74, 6) is -3.33. The zero-order valence-corrected chi connectivity index (χ0v) is 17.4. The van der Waals surface area contributed by atoms with E-state index >= 15 is 0 Å². The summed E-state index contributed by atoms with van der Waals surface area (Å²) < 4.78 is 10.8. The number of hydrogen-bond acceptors (Lipinski definition) is 7. The Kier molecular flexibility index (Phi) is 4.90. The van der Waals surface area contributed by atoms with Crippen LogP contribution < -0.4 is 11.3 Å². The van der Waals surface area contributed by atoms with Gasteiger partial charge in [-0.15, -0.1) is 0 Å². The molecule has 0 fully saturated rings. The molecule has 0 radical (unpaired) electrons. The van der Waals surface area contributed by atoms with Crippen LogP contribution in [0.15, 0.2) is 91.2 Å². The van der Waals surface area contributed by atoms with Crippen LogP contribution >= 0.6 is 0 Å². The molecule has 5 aromatic rings. The Morgan fingerprint density at radius 3 is 1.56 bits per heavy atom. The monoisotopic (exact) mass is 456 g/mol. The third-order valence-corrected chi connectivity index (χ3v) is 5.71. The van der Waals surface area contributed by atoms with Gasteiger partial charge in [-0.3, -0.25) is 0 Å². The molecule has 168 valence electrons. The zero-order chi connectivity index (χ0) is 24.0. The summed E-state index contributed by atoms with van der Waals surface area (Å²) in [5, 5.41) is 31.9. The quantitative estimate of drug-likeness (QED) is 0.342. The van der Waals surface area contributed by atoms with Crippen molar-refractivity contribution in [2.45, 2.75) is 5.92 Å². The number of para-hydroxylation sites is 2. The number of carboxylic acid groups (broad SMARTS) is 1. The van der Waals surface area contributed by atoms with E-state index in [1.54, 1.807) is 36.4 Å². The van der Waals surface area contributed by atoms with Crippen molar-refractivity contribution in [3.8, 4) is 11.5 Å². The molecule has 8 heteroatoms. The summed E-state index contributed by atoms with van der Waals surface area (Å²) >= 11 is 0. The summed E-state index contributed by atoms with van der Waals surface area (Å²) in [5.41, 5.74) is -1.90. The minimum Gasteiger partial charge on any atom is -0.507 e. The van der Waals surface area contributed by atoms with Crippen LogP contribution in [0.2, 0.25) is 0 Å². The standard InChI is InChI=1S/C26H16O8/c27-22-15-5-1-3-7-17(15)33-25(31)20(22)19(13-9-11-14(12-10-13)24(29)30)21-23(28)16-6-2-4-8-18(16)34-26(21)32/h1-12,19,27-28H,(H,29,30). The molecule has 0 saturated heterocycles. The molecule has 2 aromatic heterocycles. The second kappa shape index (κ2) is 7.93. The average molecular weight is 456 g/mol. The second-order valence-electron chi connectivity index (χ2n) is 7.66. The van der Waals surface area contributed by atoms with Crippen LogP contribution in [0.3, 0.4) is 0 Å². The third-order valence-electron chi connectivity index (χ3n) is 5.71. The first-order valence-corrected chi connectivity index (χ1v) is 10.2. The minimum absolute atomic E-state index is 0.0213. The molecule has 5 rings (SSSR count). The lowest BCUT2D eigenvalue weighted by atomic mass is 9.84. The molecule has 0 bridgehead atoms. The van der Waals surface area contributed by atoms with E-state index in [-0.39, 0.29) is 44.2 Å². The number of carboxylic acids is 1. The highest BCUT2D eigenvalue weighted by Crippen LogP contribution is 2.41. The van der Waals surface area contributed by atoms with Gasteiger partial charge in [0.25, 0.3) is 0 Å². The lowest BCUT2D eigenvalue weighted by Gasteiger charge is -2.19. The van der Waals surface area contributed by atoms with Gasteiger partial charge in [0, 0.05) is 0 Å². The maximum absolute atomic E-state index is 13.1. The van der Waals surface area contributed by atoms with Gasteiger partial charge < -0.3 is 24.2 Å². The van der Waals surface area contributed by atoms with Crippen molar-refractivity contribution in [3.05, 3.63) is 116 Å². The van der Waals surface area contributed by atoms with Crippen molar-refractivity contribution in [1.29, 1.82) is 0 Å². The number of hydrogen-bond donors (Lipinski definition) is 3. The van der Waals surface area contributed by atoms with Crippen molar-refractivity contribution in [2.75, 3.05) is 0 Å². The molecule has 0 spiro atoms. The summed E-state index contributed by atoms with van der Waals surface area (Å²) in [6.45, 7) is 0. The molecular weight excluding hydrogens is 440 g/mol. The Bertz CT molecular complexity index is 1590. The topological polar surface area (TPSA) is 138 Å². The van der Waals surface area contributed by atoms with Crippen LogP contribution in [-0.4, -0.2) is 21.3 Å². The fraction of sp³-hybridized carbons (Fsp3) is 0.0385. The van der Waals surface area contributed by atoms with Gasteiger partial charge in [0.15, 0.2) is 0 Å². The van der Waals surface area contributed by atoms with Crippen LogP contribution in [0.1, 0.15) is 33.0 Å². The molecule has 3 aromatic carbocycles. The molecule has 0 saturated carbocycles. The van der Waals surface area contributed by atoms with Crippen molar-refractivity contribution in [3.63, 3.8) is 0 Å². The molecule has 0 aliphatic carbocycles. The Hall–Kier alpha value is -4.85. The first-order chi connectivity index (χ1) is 16.4. The van der Waals surface area contributed by atoms with E-state index in [9.17, 15) is 29.7 Å². The maximum Gasteiger partial charge on any atom is 0.344 e. The molecule has 2 heterocycles. The predicted molar refractivity (Wildman–Crippen MR) is 123 cm³/mol.